The van der Waals surface area contributed by atoms with Crippen LogP contribution in [0.1, 0.15) is 23.7 Å². The summed E-state index contributed by atoms with van der Waals surface area (Å²) in [5.41, 5.74) is 1.62. The van der Waals surface area contributed by atoms with Crippen LogP contribution in [-0.2, 0) is 4.74 Å². The van der Waals surface area contributed by atoms with Gasteiger partial charge in [0.15, 0.2) is 0 Å². The lowest BCUT2D eigenvalue weighted by atomic mass is 10.1. The van der Waals surface area contributed by atoms with Crippen LogP contribution in [0.25, 0.3) is 0 Å². The van der Waals surface area contributed by atoms with Gasteiger partial charge in [-0.05, 0) is 25.5 Å². The third-order valence-corrected chi connectivity index (χ3v) is 3.60. The Balaban J connectivity index is 2.10. The van der Waals surface area contributed by atoms with Gasteiger partial charge in [0.25, 0.3) is 5.91 Å². The number of para-hydroxylation sites is 1. The normalized spacial score (nSPS) is 18.3. The molecule has 0 radical (unpaired) electrons. The summed E-state index contributed by atoms with van der Waals surface area (Å²) < 4.78 is 5.38. The lowest BCUT2D eigenvalue weighted by molar-refractivity contribution is 0.0732. The fourth-order valence-electron chi connectivity index (χ4n) is 2.45. The molecule has 4 heteroatoms. The van der Waals surface area contributed by atoms with Crippen molar-refractivity contribution in [2.75, 3.05) is 38.7 Å². The lowest BCUT2D eigenvalue weighted by Crippen LogP contribution is -2.35. The van der Waals surface area contributed by atoms with Gasteiger partial charge in [-0.2, -0.15) is 0 Å². The van der Waals surface area contributed by atoms with Crippen LogP contribution in [0.4, 0.5) is 5.69 Å². The molecule has 2 rings (SSSR count). The van der Waals surface area contributed by atoms with E-state index in [0.717, 1.165) is 44.0 Å². The minimum absolute atomic E-state index is 0.0966. The lowest BCUT2D eigenvalue weighted by Gasteiger charge is -2.24. The first-order valence-corrected chi connectivity index (χ1v) is 6.90. The first kappa shape index (κ1) is 13.9. The fraction of sp³-hybridized carbons (Fsp3) is 0.533. The Morgan fingerprint density at radius 2 is 2.26 bits per heavy atom. The molecule has 1 atom stereocenters. The molecule has 0 spiro atoms. The zero-order valence-electron chi connectivity index (χ0n) is 11.7. The number of nitrogens with one attached hydrogen (secondary N) is 1. The second-order valence-electron chi connectivity index (χ2n) is 4.87. The highest BCUT2D eigenvalue weighted by Crippen LogP contribution is 2.19. The van der Waals surface area contributed by atoms with Gasteiger partial charge in [-0.1, -0.05) is 12.1 Å². The molecule has 1 fully saturated rings. The van der Waals surface area contributed by atoms with Gasteiger partial charge in [-0.15, -0.1) is 0 Å². The van der Waals surface area contributed by atoms with Gasteiger partial charge in [-0.25, -0.2) is 0 Å². The van der Waals surface area contributed by atoms with Gasteiger partial charge in [0, 0.05) is 38.3 Å². The Kier molecular flexibility index (Phi) is 4.80. The minimum Gasteiger partial charge on any atom is -0.387 e. The molecule has 1 aromatic carbocycles. The maximum Gasteiger partial charge on any atom is 0.255 e. The van der Waals surface area contributed by atoms with E-state index in [-0.39, 0.29) is 5.91 Å². The van der Waals surface area contributed by atoms with Crippen molar-refractivity contribution in [1.29, 1.82) is 0 Å². The first-order valence-electron chi connectivity index (χ1n) is 6.90. The fourth-order valence-corrected chi connectivity index (χ4v) is 2.45. The molecule has 1 amide bonds. The summed E-state index contributed by atoms with van der Waals surface area (Å²) in [6, 6.07) is 7.64. The van der Waals surface area contributed by atoms with Crippen molar-refractivity contribution in [2.24, 2.45) is 5.92 Å². The first-order chi connectivity index (χ1) is 9.26. The Bertz CT molecular complexity index is 428. The summed E-state index contributed by atoms with van der Waals surface area (Å²) in [5.74, 6) is 0.574. The molecule has 0 aromatic heterocycles. The Hall–Kier alpha value is -1.55. The predicted octanol–water partition coefficient (Wildman–Crippen LogP) is 2.23. The van der Waals surface area contributed by atoms with Crippen LogP contribution in [0.5, 0.6) is 0 Å². The van der Waals surface area contributed by atoms with Crippen LogP contribution in [0.15, 0.2) is 24.3 Å². The molecule has 1 heterocycles. The van der Waals surface area contributed by atoms with Crippen LogP contribution >= 0.6 is 0 Å². The number of nitrogens with zero attached hydrogens (tertiary/aromatic N) is 1. The van der Waals surface area contributed by atoms with Crippen molar-refractivity contribution in [3.63, 3.8) is 0 Å². The second-order valence-corrected chi connectivity index (χ2v) is 4.87. The number of carbonyl (C=O) groups excluding carboxylic acids is 1. The highest BCUT2D eigenvalue weighted by atomic mass is 16.5. The molecular weight excluding hydrogens is 240 g/mol. The van der Waals surface area contributed by atoms with E-state index < -0.39 is 0 Å². The van der Waals surface area contributed by atoms with Crippen molar-refractivity contribution >= 4 is 11.6 Å². The van der Waals surface area contributed by atoms with Gasteiger partial charge < -0.3 is 15.0 Å². The maximum atomic E-state index is 12.6. The van der Waals surface area contributed by atoms with Crippen molar-refractivity contribution in [3.8, 4) is 0 Å². The standard InChI is InChI=1S/C15H22N2O2/c1-3-17(10-12-8-9-19-11-12)15(18)13-6-4-5-7-14(13)16-2/h4-7,12,16H,3,8-11H2,1-2H3. The minimum atomic E-state index is 0.0966. The summed E-state index contributed by atoms with van der Waals surface area (Å²) in [5, 5.41) is 3.08. The van der Waals surface area contributed by atoms with Crippen LogP contribution in [0.3, 0.4) is 0 Å². The third-order valence-electron chi connectivity index (χ3n) is 3.60. The topological polar surface area (TPSA) is 41.6 Å². The van der Waals surface area contributed by atoms with Gasteiger partial charge in [0.1, 0.15) is 0 Å². The molecule has 0 saturated carbocycles. The van der Waals surface area contributed by atoms with Gasteiger partial charge >= 0.3 is 0 Å². The highest BCUT2D eigenvalue weighted by molar-refractivity contribution is 5.99. The predicted molar refractivity (Wildman–Crippen MR) is 76.5 cm³/mol. The molecule has 104 valence electrons. The zero-order chi connectivity index (χ0) is 13.7. The number of carbonyl (C=O) groups is 1. The van der Waals surface area contributed by atoms with Gasteiger partial charge in [-0.3, -0.25) is 4.79 Å². The molecule has 19 heavy (non-hydrogen) atoms. The molecule has 4 nitrogen and oxygen atoms in total. The Labute approximate surface area is 114 Å². The summed E-state index contributed by atoms with van der Waals surface area (Å²) in [7, 11) is 1.84. The largest absolute Gasteiger partial charge is 0.387 e. The second kappa shape index (κ2) is 6.57. The molecule has 0 bridgehead atoms. The molecule has 1 unspecified atom stereocenters. The molecule has 1 aliphatic rings. The van der Waals surface area contributed by atoms with Crippen molar-refractivity contribution in [2.45, 2.75) is 13.3 Å². The average Bonchev–Trinajstić information content (AvgIpc) is 2.97. The van der Waals surface area contributed by atoms with E-state index in [1.165, 1.54) is 0 Å². The van der Waals surface area contributed by atoms with E-state index in [1.54, 1.807) is 0 Å². The number of hydrogen-bond acceptors (Lipinski definition) is 3. The van der Waals surface area contributed by atoms with Crippen LogP contribution in [-0.4, -0.2) is 44.2 Å². The third kappa shape index (κ3) is 3.26. The summed E-state index contributed by atoms with van der Waals surface area (Å²) in [6.45, 7) is 5.14. The molecule has 1 N–H and O–H groups in total. The SMILES string of the molecule is CCN(CC1CCOC1)C(=O)c1ccccc1NC. The number of hydrogen-bond donors (Lipinski definition) is 1. The summed E-state index contributed by atoms with van der Waals surface area (Å²) >= 11 is 0. The van der Waals surface area contributed by atoms with E-state index in [9.17, 15) is 4.79 Å². The Morgan fingerprint density at radius 3 is 2.89 bits per heavy atom. The molecule has 1 aliphatic heterocycles. The molecule has 1 saturated heterocycles. The van der Waals surface area contributed by atoms with Gasteiger partial charge in [0.2, 0.25) is 0 Å². The summed E-state index contributed by atoms with van der Waals surface area (Å²) in [4.78, 5) is 14.5. The van der Waals surface area contributed by atoms with E-state index in [1.807, 2.05) is 43.1 Å². The molecule has 0 aliphatic carbocycles. The van der Waals surface area contributed by atoms with E-state index >= 15 is 0 Å². The summed E-state index contributed by atoms with van der Waals surface area (Å²) in [6.07, 6.45) is 1.05. The number of benzene rings is 1. The van der Waals surface area contributed by atoms with Crippen LogP contribution in [0.2, 0.25) is 0 Å². The monoisotopic (exact) mass is 262 g/mol. The molecular formula is C15H22N2O2. The number of amides is 1. The van der Waals surface area contributed by atoms with Crippen molar-refractivity contribution in [1.82, 2.24) is 4.90 Å². The van der Waals surface area contributed by atoms with E-state index in [0.29, 0.717) is 5.92 Å². The number of anilines is 1. The number of rotatable bonds is 5. The van der Waals surface area contributed by atoms with Crippen LogP contribution in [0, 0.1) is 5.92 Å². The van der Waals surface area contributed by atoms with Crippen molar-refractivity contribution < 1.29 is 9.53 Å². The van der Waals surface area contributed by atoms with Crippen LogP contribution < -0.4 is 5.32 Å². The number of ether oxygens (including phenoxy) is 1. The van der Waals surface area contributed by atoms with E-state index in [2.05, 4.69) is 5.32 Å². The van der Waals surface area contributed by atoms with Gasteiger partial charge in [0.05, 0.1) is 12.2 Å². The highest BCUT2D eigenvalue weighted by Gasteiger charge is 2.23. The zero-order valence-corrected chi connectivity index (χ0v) is 11.7. The quantitative estimate of drug-likeness (QED) is 0.884. The van der Waals surface area contributed by atoms with E-state index in [4.69, 9.17) is 4.74 Å². The van der Waals surface area contributed by atoms with Crippen molar-refractivity contribution in [3.05, 3.63) is 29.8 Å². The maximum absolute atomic E-state index is 12.6. The average molecular weight is 262 g/mol. The Morgan fingerprint density at radius 1 is 1.47 bits per heavy atom. The molecule has 1 aromatic rings. The smallest absolute Gasteiger partial charge is 0.255 e.